The van der Waals surface area contributed by atoms with Gasteiger partial charge >= 0.3 is 18.2 Å². The lowest BCUT2D eigenvalue weighted by Crippen LogP contribution is -2.70. The number of allylic oxidation sites excluding steroid dienone is 1. The van der Waals surface area contributed by atoms with Crippen LogP contribution in [0.1, 0.15) is 38.0 Å². The normalized spacial score (nSPS) is 21.1. The van der Waals surface area contributed by atoms with Crippen LogP contribution in [0.15, 0.2) is 83.6 Å². The van der Waals surface area contributed by atoms with Crippen molar-refractivity contribution in [3.05, 3.63) is 94.7 Å². The van der Waals surface area contributed by atoms with E-state index in [1.165, 1.54) is 22.7 Å². The zero-order chi connectivity index (χ0) is 31.8. The number of nitrogens with zero attached hydrogens (tertiary/aromatic N) is 2. The molecule has 3 heterocycles. The van der Waals surface area contributed by atoms with E-state index in [0.29, 0.717) is 16.0 Å². The molecule has 5 rings (SSSR count). The van der Waals surface area contributed by atoms with Gasteiger partial charge < -0.3 is 19.7 Å². The number of thioether (sulfide) groups is 1. The van der Waals surface area contributed by atoms with E-state index in [0.717, 1.165) is 0 Å². The van der Waals surface area contributed by atoms with E-state index >= 15 is 0 Å². The molecule has 3 amide bonds. The van der Waals surface area contributed by atoms with Crippen LogP contribution in [0, 0.1) is 0 Å². The first-order valence-corrected chi connectivity index (χ1v) is 14.8. The van der Waals surface area contributed by atoms with Crippen molar-refractivity contribution in [2.75, 3.05) is 18.8 Å². The molecule has 0 aromatic heterocycles. The number of hydrogen-bond acceptors (Lipinski definition) is 7. The van der Waals surface area contributed by atoms with Gasteiger partial charge in [0.15, 0.2) is 6.10 Å². The number of fused-ring (bicyclic) bond motifs is 1. The highest BCUT2D eigenvalue weighted by Gasteiger charge is 2.55. The molecule has 2 aromatic rings. The molecule has 232 valence electrons. The molecule has 1 N–H and O–H groups in total. The zero-order valence-electron chi connectivity index (χ0n) is 24.1. The zero-order valence-corrected chi connectivity index (χ0v) is 24.9. The molecular weight excluding hydrogens is 599 g/mol. The number of carbonyl (C=O) groups excluding carboxylic acids is 4. The van der Waals surface area contributed by atoms with Crippen LogP contribution in [0.2, 0.25) is 0 Å². The predicted molar refractivity (Wildman–Crippen MR) is 155 cm³/mol. The molecule has 2 aromatic carbocycles. The lowest BCUT2D eigenvalue weighted by Gasteiger charge is -2.49. The summed E-state index contributed by atoms with van der Waals surface area (Å²) in [4.78, 5) is 54.2. The second kappa shape index (κ2) is 12.0. The largest absolute Gasteiger partial charge is 0.448 e. The number of nitrogens with one attached hydrogen (secondary N) is 1. The molecule has 2 saturated heterocycles. The fraction of sp³-hybridized carbons (Fsp3) is 0.355. The average molecular weight is 630 g/mol. The van der Waals surface area contributed by atoms with Crippen LogP contribution >= 0.6 is 11.8 Å². The fourth-order valence-corrected chi connectivity index (χ4v) is 6.35. The van der Waals surface area contributed by atoms with Gasteiger partial charge in [0.2, 0.25) is 0 Å². The molecule has 9 nitrogen and oxygen atoms in total. The van der Waals surface area contributed by atoms with E-state index in [1.807, 2.05) is 12.1 Å². The molecule has 13 heteroatoms. The lowest BCUT2D eigenvalue weighted by molar-refractivity contribution is -0.164. The van der Waals surface area contributed by atoms with Crippen molar-refractivity contribution in [1.82, 2.24) is 15.1 Å². The third-order valence-corrected chi connectivity index (χ3v) is 8.24. The quantitative estimate of drug-likeness (QED) is 0.269. The summed E-state index contributed by atoms with van der Waals surface area (Å²) in [7, 11) is 0. The highest BCUT2D eigenvalue weighted by atomic mass is 32.2. The van der Waals surface area contributed by atoms with Crippen LogP contribution in [-0.2, 0) is 23.9 Å². The molecule has 44 heavy (non-hydrogen) atoms. The van der Waals surface area contributed by atoms with Gasteiger partial charge in [0.25, 0.3) is 11.8 Å². The highest BCUT2D eigenvalue weighted by molar-refractivity contribution is 8.00. The minimum atomic E-state index is -4.55. The summed E-state index contributed by atoms with van der Waals surface area (Å²) >= 11 is 1.23. The SMILES string of the molecule is CC(C)(C)OC(=O)N[C@@H]1C(=O)N2C(C(=O)OC(c3ccccc3)c3ccccc3)=C(C=C3CN(CC(F)(F)F)C3=O)CS[C@H]12. The van der Waals surface area contributed by atoms with E-state index in [1.54, 1.807) is 69.3 Å². The molecule has 2 fully saturated rings. The molecule has 0 spiro atoms. The van der Waals surface area contributed by atoms with Gasteiger partial charge in [0.1, 0.15) is 29.3 Å². The number of rotatable bonds is 7. The van der Waals surface area contributed by atoms with E-state index in [2.05, 4.69) is 5.32 Å². The Balaban J connectivity index is 1.46. The van der Waals surface area contributed by atoms with Crippen molar-refractivity contribution in [2.45, 2.75) is 50.1 Å². The van der Waals surface area contributed by atoms with Crippen molar-refractivity contribution >= 4 is 35.6 Å². The number of hydrogen-bond donors (Lipinski definition) is 1. The summed E-state index contributed by atoms with van der Waals surface area (Å²) in [6.07, 6.45) is -4.83. The first-order chi connectivity index (χ1) is 20.7. The molecule has 0 unspecified atom stereocenters. The minimum Gasteiger partial charge on any atom is -0.448 e. The maximum atomic E-state index is 14.0. The third-order valence-electron chi connectivity index (χ3n) is 6.93. The number of benzene rings is 2. The standard InChI is InChI=1S/C31H30F3N3O6S/c1-30(2,3)43-29(41)35-22-26(39)37-23(21(16-44-27(22)37)14-20-15-36(25(20)38)17-31(32,33)34)28(40)42-24(18-10-6-4-7-11-18)19-12-8-5-9-13-19/h4-14,22,24,27H,15-17H2,1-3H3,(H,35,41)/t22-,27-/m1/s1. The lowest BCUT2D eigenvalue weighted by atomic mass is 9.98. The molecule has 0 bridgehead atoms. The van der Waals surface area contributed by atoms with Crippen molar-refractivity contribution in [3.8, 4) is 0 Å². The molecular formula is C31H30F3N3O6S. The number of likely N-dealkylation sites (tertiary alicyclic amines) is 1. The number of β-lactam (4-membered cyclic amide) rings is 2. The monoisotopic (exact) mass is 629 g/mol. The van der Waals surface area contributed by atoms with Crippen LogP contribution < -0.4 is 5.32 Å². The van der Waals surface area contributed by atoms with E-state index in [-0.39, 0.29) is 29.1 Å². The Bertz CT molecular complexity index is 1480. The van der Waals surface area contributed by atoms with Gasteiger partial charge in [0, 0.05) is 11.3 Å². The van der Waals surface area contributed by atoms with E-state index in [9.17, 15) is 32.3 Å². The molecule has 2 atom stereocenters. The van der Waals surface area contributed by atoms with Gasteiger partial charge in [-0.05, 0) is 43.5 Å². The topological polar surface area (TPSA) is 105 Å². The second-order valence-electron chi connectivity index (χ2n) is 11.5. The van der Waals surface area contributed by atoms with Crippen molar-refractivity contribution in [2.24, 2.45) is 0 Å². The molecule has 0 saturated carbocycles. The van der Waals surface area contributed by atoms with E-state index < -0.39 is 59.7 Å². The summed E-state index contributed by atoms with van der Waals surface area (Å²) in [5, 5.41) is 1.88. The Morgan fingerprint density at radius 1 is 1.02 bits per heavy atom. The summed E-state index contributed by atoms with van der Waals surface area (Å²) in [5.74, 6) is -2.13. The number of halogens is 3. The number of alkyl carbamates (subject to hydrolysis) is 1. The van der Waals surface area contributed by atoms with Crippen LogP contribution in [-0.4, -0.2) is 75.7 Å². The molecule has 0 radical (unpaired) electrons. The van der Waals surface area contributed by atoms with Crippen molar-refractivity contribution in [3.63, 3.8) is 0 Å². The number of carbonyl (C=O) groups is 4. The molecule has 3 aliphatic heterocycles. The van der Waals surface area contributed by atoms with Gasteiger partial charge in [-0.3, -0.25) is 14.5 Å². The van der Waals surface area contributed by atoms with Crippen LogP contribution in [0.3, 0.4) is 0 Å². The Kier molecular flexibility index (Phi) is 8.52. The van der Waals surface area contributed by atoms with Gasteiger partial charge in [-0.1, -0.05) is 60.7 Å². The second-order valence-corrected chi connectivity index (χ2v) is 12.6. The Morgan fingerprint density at radius 2 is 1.61 bits per heavy atom. The minimum absolute atomic E-state index is 0.0765. The average Bonchev–Trinajstić information content (AvgIpc) is 2.96. The smallest absolute Gasteiger partial charge is 0.408 e. The molecule has 3 aliphatic rings. The highest BCUT2D eigenvalue weighted by Crippen LogP contribution is 2.43. The van der Waals surface area contributed by atoms with Gasteiger partial charge in [-0.25, -0.2) is 9.59 Å². The third kappa shape index (κ3) is 6.77. The van der Waals surface area contributed by atoms with Crippen LogP contribution in [0.4, 0.5) is 18.0 Å². The van der Waals surface area contributed by atoms with Gasteiger partial charge in [0.05, 0.1) is 6.54 Å². The van der Waals surface area contributed by atoms with Gasteiger partial charge in [-0.15, -0.1) is 11.8 Å². The number of amides is 3. The Labute approximate surface area is 256 Å². The maximum absolute atomic E-state index is 14.0. The fourth-order valence-electron chi connectivity index (χ4n) is 5.04. The number of alkyl halides is 3. The summed E-state index contributed by atoms with van der Waals surface area (Å²) in [6.45, 7) is 3.40. The Morgan fingerprint density at radius 3 is 2.14 bits per heavy atom. The first kappa shape index (κ1) is 31.2. The summed E-state index contributed by atoms with van der Waals surface area (Å²) < 4.78 is 49.9. The number of esters is 1. The van der Waals surface area contributed by atoms with Gasteiger partial charge in [-0.2, -0.15) is 13.2 Å². The van der Waals surface area contributed by atoms with Crippen LogP contribution in [0.5, 0.6) is 0 Å². The molecule has 0 aliphatic carbocycles. The van der Waals surface area contributed by atoms with Crippen molar-refractivity contribution in [1.29, 1.82) is 0 Å². The first-order valence-electron chi connectivity index (χ1n) is 13.8. The van der Waals surface area contributed by atoms with Crippen molar-refractivity contribution < 1.29 is 41.8 Å². The maximum Gasteiger partial charge on any atom is 0.408 e. The predicted octanol–water partition coefficient (Wildman–Crippen LogP) is 4.71. The summed E-state index contributed by atoms with van der Waals surface area (Å²) in [5.41, 5.74) is 0.746. The Hall–Kier alpha value is -4.26. The van der Waals surface area contributed by atoms with Crippen LogP contribution in [0.25, 0.3) is 0 Å². The summed E-state index contributed by atoms with van der Waals surface area (Å²) in [6, 6.07) is 17.0. The van der Waals surface area contributed by atoms with E-state index in [4.69, 9.17) is 9.47 Å². The number of ether oxygens (including phenoxy) is 2.